The molecular weight excluding hydrogens is 348 g/mol. The van der Waals surface area contributed by atoms with Crippen molar-refractivity contribution in [1.82, 2.24) is 10.5 Å². The lowest BCUT2D eigenvalue weighted by molar-refractivity contribution is 0.0706. The second-order valence-electron chi connectivity index (χ2n) is 4.55. The van der Waals surface area contributed by atoms with Gasteiger partial charge in [-0.25, -0.2) is 9.87 Å². The van der Waals surface area contributed by atoms with Gasteiger partial charge < -0.3 is 9.73 Å². The number of aromatic nitrogens is 1. The predicted molar refractivity (Wildman–Crippen MR) is 83.0 cm³/mol. The third kappa shape index (κ3) is 3.21. The molecule has 9 heteroatoms. The maximum Gasteiger partial charge on any atom is 0.300 e. The highest BCUT2D eigenvalue weighted by Gasteiger charge is 2.12. The molecule has 0 unspecified atom stereocenters. The standard InChI is InChI=1S/C14H8Cl2FN3O3/c15-9-4-11-12(5-10(9)16)23-14(19-11)18-8-2-6(13(21)20-22)1-7(17)3-8/h1-5,22H,(H,18,19)(H,20,21). The van der Waals surface area contributed by atoms with E-state index in [1.54, 1.807) is 0 Å². The van der Waals surface area contributed by atoms with E-state index in [-0.39, 0.29) is 17.3 Å². The first-order chi connectivity index (χ1) is 11.0. The Kier molecular flexibility index (Phi) is 4.08. The molecule has 0 aliphatic heterocycles. The van der Waals surface area contributed by atoms with Crippen LogP contribution in [0.1, 0.15) is 10.4 Å². The van der Waals surface area contributed by atoms with Gasteiger partial charge in [-0.05, 0) is 24.3 Å². The molecule has 0 radical (unpaired) electrons. The average molecular weight is 356 g/mol. The summed E-state index contributed by atoms with van der Waals surface area (Å²) in [7, 11) is 0. The molecule has 23 heavy (non-hydrogen) atoms. The maximum absolute atomic E-state index is 13.5. The summed E-state index contributed by atoms with van der Waals surface area (Å²) in [6.45, 7) is 0. The van der Waals surface area contributed by atoms with Crippen LogP contribution >= 0.6 is 23.2 Å². The van der Waals surface area contributed by atoms with Crippen molar-refractivity contribution in [3.63, 3.8) is 0 Å². The number of oxazole rings is 1. The van der Waals surface area contributed by atoms with E-state index < -0.39 is 11.7 Å². The molecule has 0 saturated carbocycles. The van der Waals surface area contributed by atoms with Crippen molar-refractivity contribution in [2.75, 3.05) is 5.32 Å². The molecule has 0 bridgehead atoms. The minimum absolute atomic E-state index is 0.0688. The van der Waals surface area contributed by atoms with Crippen LogP contribution in [0.15, 0.2) is 34.7 Å². The highest BCUT2D eigenvalue weighted by Crippen LogP contribution is 2.30. The second kappa shape index (κ2) is 6.04. The van der Waals surface area contributed by atoms with Crippen molar-refractivity contribution in [3.8, 4) is 0 Å². The molecule has 0 aliphatic carbocycles. The molecule has 3 rings (SSSR count). The summed E-state index contributed by atoms with van der Waals surface area (Å²) in [5.41, 5.74) is 2.43. The Bertz CT molecular complexity index is 875. The van der Waals surface area contributed by atoms with Gasteiger partial charge in [-0.15, -0.1) is 0 Å². The van der Waals surface area contributed by atoms with Crippen LogP contribution < -0.4 is 10.8 Å². The number of carbonyl (C=O) groups is 1. The molecule has 2 aromatic carbocycles. The molecule has 0 fully saturated rings. The maximum atomic E-state index is 13.5. The summed E-state index contributed by atoms with van der Waals surface area (Å²) >= 11 is 11.8. The largest absolute Gasteiger partial charge is 0.423 e. The first-order valence-electron chi connectivity index (χ1n) is 6.24. The smallest absolute Gasteiger partial charge is 0.300 e. The molecule has 118 valence electrons. The Morgan fingerprint density at radius 2 is 1.91 bits per heavy atom. The SMILES string of the molecule is O=C(NO)c1cc(F)cc(Nc2nc3cc(Cl)c(Cl)cc3o2)c1. The van der Waals surface area contributed by atoms with E-state index in [0.29, 0.717) is 21.1 Å². The van der Waals surface area contributed by atoms with Crippen LogP contribution in [0, 0.1) is 5.82 Å². The summed E-state index contributed by atoms with van der Waals surface area (Å²) < 4.78 is 19.0. The van der Waals surface area contributed by atoms with E-state index in [1.807, 2.05) is 0 Å². The van der Waals surface area contributed by atoms with Gasteiger partial charge in [-0.2, -0.15) is 4.98 Å². The molecule has 3 N–H and O–H groups in total. The summed E-state index contributed by atoms with van der Waals surface area (Å²) in [5.74, 6) is -1.51. The number of rotatable bonds is 3. The molecule has 0 atom stereocenters. The Labute approximate surface area is 138 Å². The van der Waals surface area contributed by atoms with E-state index in [1.165, 1.54) is 23.7 Å². The number of nitrogens with zero attached hydrogens (tertiary/aromatic N) is 1. The lowest BCUT2D eigenvalue weighted by Crippen LogP contribution is -2.18. The van der Waals surface area contributed by atoms with E-state index in [2.05, 4.69) is 10.3 Å². The number of hydroxylamine groups is 1. The number of carbonyl (C=O) groups excluding carboxylic acids is 1. The third-order valence-corrected chi connectivity index (χ3v) is 3.67. The van der Waals surface area contributed by atoms with E-state index in [9.17, 15) is 9.18 Å². The van der Waals surface area contributed by atoms with Gasteiger partial charge in [-0.1, -0.05) is 23.2 Å². The number of fused-ring (bicyclic) bond motifs is 1. The zero-order chi connectivity index (χ0) is 16.6. The quantitative estimate of drug-likeness (QED) is 0.485. The summed E-state index contributed by atoms with van der Waals surface area (Å²) in [4.78, 5) is 15.5. The molecule has 0 aliphatic rings. The molecule has 1 amide bonds. The summed E-state index contributed by atoms with van der Waals surface area (Å²) in [6.07, 6.45) is 0. The zero-order valence-electron chi connectivity index (χ0n) is 11.2. The molecule has 0 spiro atoms. The van der Waals surface area contributed by atoms with Gasteiger partial charge in [-0.3, -0.25) is 10.0 Å². The van der Waals surface area contributed by atoms with Crippen molar-refractivity contribution < 1.29 is 18.8 Å². The number of halogens is 3. The van der Waals surface area contributed by atoms with Crippen LogP contribution in [-0.2, 0) is 0 Å². The van der Waals surface area contributed by atoms with Crippen LogP contribution in [-0.4, -0.2) is 16.1 Å². The fraction of sp³-hybridized carbons (Fsp3) is 0. The molecule has 6 nitrogen and oxygen atoms in total. The van der Waals surface area contributed by atoms with Gasteiger partial charge in [0.15, 0.2) is 5.58 Å². The second-order valence-corrected chi connectivity index (χ2v) is 5.36. The van der Waals surface area contributed by atoms with Crippen LogP contribution in [0.25, 0.3) is 11.1 Å². The number of benzene rings is 2. The van der Waals surface area contributed by atoms with Crippen LogP contribution in [0.4, 0.5) is 16.1 Å². The molecular formula is C14H8Cl2FN3O3. The van der Waals surface area contributed by atoms with Gasteiger partial charge >= 0.3 is 0 Å². The first-order valence-corrected chi connectivity index (χ1v) is 6.99. The fourth-order valence-corrected chi connectivity index (χ4v) is 2.27. The first kappa shape index (κ1) is 15.5. The lowest BCUT2D eigenvalue weighted by atomic mass is 10.2. The molecule has 1 aromatic heterocycles. The normalized spacial score (nSPS) is 10.8. The minimum atomic E-state index is -0.844. The Morgan fingerprint density at radius 3 is 2.65 bits per heavy atom. The number of nitrogens with one attached hydrogen (secondary N) is 2. The molecule has 1 heterocycles. The van der Waals surface area contributed by atoms with Crippen molar-refractivity contribution in [1.29, 1.82) is 0 Å². The van der Waals surface area contributed by atoms with Gasteiger partial charge in [0.2, 0.25) is 0 Å². The summed E-state index contributed by atoms with van der Waals surface area (Å²) in [5, 5.41) is 12.0. The number of amides is 1. The van der Waals surface area contributed by atoms with Crippen LogP contribution in [0.3, 0.4) is 0 Å². The van der Waals surface area contributed by atoms with Crippen LogP contribution in [0.5, 0.6) is 0 Å². The lowest BCUT2D eigenvalue weighted by Gasteiger charge is -2.05. The minimum Gasteiger partial charge on any atom is -0.423 e. The van der Waals surface area contributed by atoms with Crippen molar-refractivity contribution in [3.05, 3.63) is 51.8 Å². The number of hydrogen-bond acceptors (Lipinski definition) is 5. The van der Waals surface area contributed by atoms with Crippen molar-refractivity contribution >= 4 is 51.9 Å². The van der Waals surface area contributed by atoms with E-state index in [0.717, 1.165) is 12.1 Å². The van der Waals surface area contributed by atoms with Gasteiger partial charge in [0.05, 0.1) is 10.0 Å². The monoisotopic (exact) mass is 355 g/mol. The Balaban J connectivity index is 1.95. The van der Waals surface area contributed by atoms with Gasteiger partial charge in [0.25, 0.3) is 11.9 Å². The number of hydrogen-bond donors (Lipinski definition) is 3. The van der Waals surface area contributed by atoms with Crippen molar-refractivity contribution in [2.45, 2.75) is 0 Å². The van der Waals surface area contributed by atoms with E-state index >= 15 is 0 Å². The highest BCUT2D eigenvalue weighted by molar-refractivity contribution is 6.42. The molecule has 3 aromatic rings. The van der Waals surface area contributed by atoms with E-state index in [4.69, 9.17) is 32.8 Å². The predicted octanol–water partition coefficient (Wildman–Crippen LogP) is 4.14. The van der Waals surface area contributed by atoms with Gasteiger partial charge in [0.1, 0.15) is 11.3 Å². The fourth-order valence-electron chi connectivity index (χ4n) is 1.96. The number of anilines is 2. The highest BCUT2D eigenvalue weighted by atomic mass is 35.5. The summed E-state index contributed by atoms with van der Waals surface area (Å²) in [6, 6.07) is 6.55. The average Bonchev–Trinajstić information content (AvgIpc) is 2.87. The Morgan fingerprint density at radius 1 is 1.17 bits per heavy atom. The topological polar surface area (TPSA) is 87.4 Å². The zero-order valence-corrected chi connectivity index (χ0v) is 12.7. The third-order valence-electron chi connectivity index (χ3n) is 2.94. The van der Waals surface area contributed by atoms with Gasteiger partial charge in [0, 0.05) is 17.3 Å². The van der Waals surface area contributed by atoms with Crippen LogP contribution in [0.2, 0.25) is 10.0 Å². The van der Waals surface area contributed by atoms with Crippen molar-refractivity contribution in [2.24, 2.45) is 0 Å². The Hall–Kier alpha value is -2.35. The molecule has 0 saturated heterocycles.